The van der Waals surface area contributed by atoms with Crippen LogP contribution in [0.25, 0.3) is 0 Å². The molecular formula is C28H44O4. The van der Waals surface area contributed by atoms with Crippen molar-refractivity contribution in [2.24, 2.45) is 35.5 Å². The van der Waals surface area contributed by atoms with E-state index in [-0.39, 0.29) is 11.9 Å². The SMILES string of the molecule is C=C(C)C(=O)OCC1CCC(C2CCC(C3CCC(COC(=O)C(=C)C)CC3)CC2)CC1. The summed E-state index contributed by atoms with van der Waals surface area (Å²) >= 11 is 0. The van der Waals surface area contributed by atoms with Gasteiger partial charge in [0.2, 0.25) is 0 Å². The molecule has 0 unspecified atom stereocenters. The Morgan fingerprint density at radius 1 is 0.562 bits per heavy atom. The van der Waals surface area contributed by atoms with Crippen molar-refractivity contribution in [2.75, 3.05) is 13.2 Å². The van der Waals surface area contributed by atoms with Crippen LogP contribution in [0.15, 0.2) is 24.3 Å². The summed E-state index contributed by atoms with van der Waals surface area (Å²) in [5, 5.41) is 0. The van der Waals surface area contributed by atoms with Crippen molar-refractivity contribution in [2.45, 2.75) is 90.9 Å². The molecule has 0 aliphatic heterocycles. The maximum absolute atomic E-state index is 11.6. The van der Waals surface area contributed by atoms with E-state index in [1.54, 1.807) is 13.8 Å². The van der Waals surface area contributed by atoms with Crippen LogP contribution in [0.4, 0.5) is 0 Å². The van der Waals surface area contributed by atoms with Crippen LogP contribution < -0.4 is 0 Å². The lowest BCUT2D eigenvalue weighted by Gasteiger charge is -2.41. The lowest BCUT2D eigenvalue weighted by Crippen LogP contribution is -2.31. The number of esters is 2. The van der Waals surface area contributed by atoms with Crippen molar-refractivity contribution in [3.63, 3.8) is 0 Å². The molecule has 3 aliphatic carbocycles. The molecule has 0 radical (unpaired) electrons. The first-order valence-corrected chi connectivity index (χ1v) is 13.0. The van der Waals surface area contributed by atoms with Gasteiger partial charge in [-0.1, -0.05) is 13.2 Å². The molecule has 3 aliphatic rings. The molecule has 0 atom stereocenters. The fourth-order valence-corrected chi connectivity index (χ4v) is 6.37. The second-order valence-corrected chi connectivity index (χ2v) is 11.0. The number of ether oxygens (including phenoxy) is 2. The zero-order valence-electron chi connectivity index (χ0n) is 20.4. The lowest BCUT2D eigenvalue weighted by molar-refractivity contribution is -0.141. The largest absolute Gasteiger partial charge is 0.462 e. The minimum absolute atomic E-state index is 0.243. The van der Waals surface area contributed by atoms with Crippen molar-refractivity contribution in [3.8, 4) is 0 Å². The number of carbonyl (C=O) groups is 2. The first-order chi connectivity index (χ1) is 15.3. The van der Waals surface area contributed by atoms with Crippen LogP contribution in [-0.4, -0.2) is 25.2 Å². The molecule has 3 rings (SSSR count). The highest BCUT2D eigenvalue weighted by molar-refractivity contribution is 5.87. The van der Waals surface area contributed by atoms with Gasteiger partial charge in [0.1, 0.15) is 0 Å². The molecule has 4 heteroatoms. The summed E-state index contributed by atoms with van der Waals surface area (Å²) in [6, 6.07) is 0. The van der Waals surface area contributed by atoms with E-state index in [4.69, 9.17) is 9.47 Å². The molecule has 4 nitrogen and oxygen atoms in total. The molecule has 3 saturated carbocycles. The van der Waals surface area contributed by atoms with E-state index in [0.717, 1.165) is 23.7 Å². The van der Waals surface area contributed by atoms with E-state index >= 15 is 0 Å². The van der Waals surface area contributed by atoms with E-state index in [0.29, 0.717) is 36.2 Å². The van der Waals surface area contributed by atoms with E-state index < -0.39 is 0 Å². The van der Waals surface area contributed by atoms with Gasteiger partial charge in [-0.15, -0.1) is 0 Å². The van der Waals surface area contributed by atoms with Crippen molar-refractivity contribution in [1.82, 2.24) is 0 Å². The minimum atomic E-state index is -0.243. The number of hydrogen-bond acceptors (Lipinski definition) is 4. The third-order valence-electron chi connectivity index (χ3n) is 8.53. The van der Waals surface area contributed by atoms with Gasteiger partial charge in [-0.3, -0.25) is 0 Å². The van der Waals surface area contributed by atoms with Crippen LogP contribution in [0.3, 0.4) is 0 Å². The maximum Gasteiger partial charge on any atom is 0.333 e. The van der Waals surface area contributed by atoms with Crippen LogP contribution in [0.5, 0.6) is 0 Å². The smallest absolute Gasteiger partial charge is 0.333 e. The summed E-state index contributed by atoms with van der Waals surface area (Å²) in [6.07, 6.45) is 15.6. The average Bonchev–Trinajstić information content (AvgIpc) is 2.81. The predicted octanol–water partition coefficient (Wildman–Crippen LogP) is 6.64. The second kappa shape index (κ2) is 12.0. The number of hydrogen-bond donors (Lipinski definition) is 0. The molecular weight excluding hydrogens is 400 g/mol. The molecule has 0 spiro atoms. The molecule has 0 N–H and O–H groups in total. The van der Waals surface area contributed by atoms with Gasteiger partial charge in [0.25, 0.3) is 0 Å². The zero-order valence-corrected chi connectivity index (χ0v) is 20.4. The topological polar surface area (TPSA) is 52.6 Å². The number of carbonyl (C=O) groups excluding carboxylic acids is 2. The van der Waals surface area contributed by atoms with Crippen LogP contribution >= 0.6 is 0 Å². The first-order valence-electron chi connectivity index (χ1n) is 13.0. The monoisotopic (exact) mass is 444 g/mol. The molecule has 0 aromatic rings. The van der Waals surface area contributed by atoms with Crippen LogP contribution in [0, 0.1) is 35.5 Å². The molecule has 0 bridgehead atoms. The van der Waals surface area contributed by atoms with Crippen molar-refractivity contribution in [1.29, 1.82) is 0 Å². The first kappa shape index (κ1) is 25.1. The van der Waals surface area contributed by atoms with Crippen molar-refractivity contribution in [3.05, 3.63) is 24.3 Å². The van der Waals surface area contributed by atoms with E-state index in [9.17, 15) is 9.59 Å². The Hall–Kier alpha value is -1.58. The molecule has 0 heterocycles. The normalized spacial score (nSPS) is 33.2. The Balaban J connectivity index is 1.31. The van der Waals surface area contributed by atoms with Crippen molar-refractivity contribution < 1.29 is 19.1 Å². The Bertz CT molecular complexity index is 599. The Morgan fingerprint density at radius 2 is 0.812 bits per heavy atom. The third-order valence-corrected chi connectivity index (χ3v) is 8.53. The van der Waals surface area contributed by atoms with E-state index in [1.807, 2.05) is 0 Å². The van der Waals surface area contributed by atoms with Crippen LogP contribution in [-0.2, 0) is 19.1 Å². The van der Waals surface area contributed by atoms with Crippen molar-refractivity contribution >= 4 is 11.9 Å². The van der Waals surface area contributed by atoms with Gasteiger partial charge in [0.15, 0.2) is 0 Å². The lowest BCUT2D eigenvalue weighted by atomic mass is 9.65. The fraction of sp³-hybridized carbons (Fsp3) is 0.786. The summed E-state index contributed by atoms with van der Waals surface area (Å²) in [7, 11) is 0. The summed E-state index contributed by atoms with van der Waals surface area (Å²) in [5.74, 6) is 4.16. The highest BCUT2D eigenvalue weighted by Gasteiger charge is 2.35. The summed E-state index contributed by atoms with van der Waals surface area (Å²) in [4.78, 5) is 23.2. The van der Waals surface area contributed by atoms with Gasteiger partial charge in [-0.25, -0.2) is 9.59 Å². The Kier molecular flexibility index (Phi) is 9.43. The predicted molar refractivity (Wildman–Crippen MR) is 128 cm³/mol. The minimum Gasteiger partial charge on any atom is -0.462 e. The van der Waals surface area contributed by atoms with Gasteiger partial charge in [0.05, 0.1) is 13.2 Å². The molecule has 0 aromatic heterocycles. The Morgan fingerprint density at radius 3 is 1.06 bits per heavy atom. The van der Waals surface area contributed by atoms with Crippen LogP contribution in [0.1, 0.15) is 90.9 Å². The zero-order chi connectivity index (χ0) is 23.1. The Labute approximate surface area is 195 Å². The summed E-state index contributed by atoms with van der Waals surface area (Å²) in [5.41, 5.74) is 0.991. The van der Waals surface area contributed by atoms with E-state index in [2.05, 4.69) is 13.2 Å². The van der Waals surface area contributed by atoms with Gasteiger partial charge in [-0.05, 0) is 126 Å². The van der Waals surface area contributed by atoms with Gasteiger partial charge >= 0.3 is 11.9 Å². The number of rotatable bonds is 8. The summed E-state index contributed by atoms with van der Waals surface area (Å²) in [6.45, 7) is 11.9. The fourth-order valence-electron chi connectivity index (χ4n) is 6.37. The third kappa shape index (κ3) is 7.22. The molecule has 0 aromatic carbocycles. The highest BCUT2D eigenvalue weighted by Crippen LogP contribution is 2.46. The van der Waals surface area contributed by atoms with Crippen LogP contribution in [0.2, 0.25) is 0 Å². The molecule has 0 saturated heterocycles. The van der Waals surface area contributed by atoms with Gasteiger partial charge < -0.3 is 9.47 Å². The van der Waals surface area contributed by atoms with Gasteiger partial charge in [0, 0.05) is 11.1 Å². The second-order valence-electron chi connectivity index (χ2n) is 11.0. The molecule has 32 heavy (non-hydrogen) atoms. The molecule has 180 valence electrons. The molecule has 0 amide bonds. The summed E-state index contributed by atoms with van der Waals surface area (Å²) < 4.78 is 10.8. The highest BCUT2D eigenvalue weighted by atomic mass is 16.5. The standard InChI is InChI=1S/C28H44O4/c1-19(2)27(29)31-17-21-5-9-23(10-6-21)25-13-15-26(16-14-25)24-11-7-22(8-12-24)18-32-28(30)20(3)4/h21-26H,1,3,5-18H2,2,4H3. The molecule has 3 fully saturated rings. The van der Waals surface area contributed by atoms with Gasteiger partial charge in [-0.2, -0.15) is 0 Å². The maximum atomic E-state index is 11.6. The average molecular weight is 445 g/mol. The van der Waals surface area contributed by atoms with E-state index in [1.165, 1.54) is 77.0 Å². The quantitative estimate of drug-likeness (QED) is 0.311.